The molecule has 2 rings (SSSR count). The first kappa shape index (κ1) is 14.7. The average Bonchev–Trinajstić information content (AvgIpc) is 2.92. The zero-order valence-corrected chi connectivity index (χ0v) is 11.8. The topological polar surface area (TPSA) is 33.2 Å². The maximum Gasteiger partial charge on any atom is 0.169 e. The summed E-state index contributed by atoms with van der Waals surface area (Å²) in [6.45, 7) is 1.09. The smallest absolute Gasteiger partial charge is 0.169 e. The van der Waals surface area contributed by atoms with E-state index >= 15 is 0 Å². The molecule has 3 nitrogen and oxygen atoms in total. The lowest BCUT2D eigenvalue weighted by molar-refractivity contribution is 0.0962. The van der Waals surface area contributed by atoms with Crippen molar-refractivity contribution in [3.8, 4) is 0 Å². The van der Waals surface area contributed by atoms with Crippen LogP contribution in [0.4, 0.5) is 8.78 Å². The summed E-state index contributed by atoms with van der Waals surface area (Å²) < 4.78 is 26.5. The van der Waals surface area contributed by atoms with Crippen molar-refractivity contribution in [3.05, 3.63) is 52.0 Å². The minimum absolute atomic E-state index is 0.140. The molecule has 0 aliphatic rings. The first-order chi connectivity index (χ1) is 9.58. The Morgan fingerprint density at radius 1 is 1.40 bits per heavy atom. The lowest BCUT2D eigenvalue weighted by atomic mass is 10.1. The van der Waals surface area contributed by atoms with Gasteiger partial charge in [0.25, 0.3) is 0 Å². The Balaban J connectivity index is 1.90. The summed E-state index contributed by atoms with van der Waals surface area (Å²) in [6.07, 6.45) is 0.140. The van der Waals surface area contributed by atoms with Crippen molar-refractivity contribution >= 4 is 17.1 Å². The second-order valence-corrected chi connectivity index (χ2v) is 5.21. The van der Waals surface area contributed by atoms with Crippen LogP contribution in [0.15, 0.2) is 29.1 Å². The van der Waals surface area contributed by atoms with Gasteiger partial charge in [0.05, 0.1) is 16.8 Å². The van der Waals surface area contributed by atoms with Gasteiger partial charge in [0, 0.05) is 24.9 Å². The van der Waals surface area contributed by atoms with E-state index in [0.717, 1.165) is 11.8 Å². The standard InChI is InChI=1S/C14H14F2N2OS/c1-18(7-10-8-20-9-17-10)6-5-13(19)11-3-2-4-12(15)14(11)16/h2-4,8-9H,5-7H2,1H3. The molecule has 0 aliphatic heterocycles. The summed E-state index contributed by atoms with van der Waals surface area (Å²) >= 11 is 1.51. The van der Waals surface area contributed by atoms with Crippen molar-refractivity contribution < 1.29 is 13.6 Å². The molecule has 0 saturated carbocycles. The van der Waals surface area contributed by atoms with Gasteiger partial charge in [-0.3, -0.25) is 4.79 Å². The van der Waals surface area contributed by atoms with Crippen LogP contribution in [0.2, 0.25) is 0 Å². The van der Waals surface area contributed by atoms with Crippen molar-refractivity contribution in [2.45, 2.75) is 13.0 Å². The molecule has 106 valence electrons. The molecule has 1 aromatic carbocycles. The number of Topliss-reactive ketones (excluding diaryl/α,β-unsaturated/α-hetero) is 1. The van der Waals surface area contributed by atoms with E-state index in [0.29, 0.717) is 13.1 Å². The van der Waals surface area contributed by atoms with Crippen molar-refractivity contribution in [1.29, 1.82) is 0 Å². The lowest BCUT2D eigenvalue weighted by Gasteiger charge is -2.14. The summed E-state index contributed by atoms with van der Waals surface area (Å²) in [7, 11) is 1.86. The Morgan fingerprint density at radius 2 is 2.20 bits per heavy atom. The third kappa shape index (κ3) is 3.68. The Bertz CT molecular complexity index is 587. The minimum atomic E-state index is -1.07. The average molecular weight is 296 g/mol. The SMILES string of the molecule is CN(CCC(=O)c1cccc(F)c1F)Cc1cscn1. The molecule has 0 spiro atoms. The van der Waals surface area contributed by atoms with Gasteiger partial charge in [0.15, 0.2) is 17.4 Å². The molecular weight excluding hydrogens is 282 g/mol. The number of carbonyl (C=O) groups is 1. The quantitative estimate of drug-likeness (QED) is 0.768. The number of aromatic nitrogens is 1. The second-order valence-electron chi connectivity index (χ2n) is 4.49. The van der Waals surface area contributed by atoms with Gasteiger partial charge >= 0.3 is 0 Å². The first-order valence-electron chi connectivity index (χ1n) is 6.10. The van der Waals surface area contributed by atoms with E-state index in [4.69, 9.17) is 0 Å². The van der Waals surface area contributed by atoms with Gasteiger partial charge in [-0.15, -0.1) is 11.3 Å². The van der Waals surface area contributed by atoms with Crippen LogP contribution in [0.1, 0.15) is 22.5 Å². The molecule has 2 aromatic rings. The fourth-order valence-electron chi connectivity index (χ4n) is 1.82. The van der Waals surface area contributed by atoms with Gasteiger partial charge < -0.3 is 4.90 Å². The Morgan fingerprint density at radius 3 is 2.90 bits per heavy atom. The monoisotopic (exact) mass is 296 g/mol. The van der Waals surface area contributed by atoms with Gasteiger partial charge in [-0.25, -0.2) is 13.8 Å². The van der Waals surface area contributed by atoms with E-state index in [2.05, 4.69) is 4.98 Å². The predicted octanol–water partition coefficient (Wildman–Crippen LogP) is 3.13. The lowest BCUT2D eigenvalue weighted by Crippen LogP contribution is -2.22. The number of halogens is 2. The zero-order valence-electron chi connectivity index (χ0n) is 11.0. The highest BCUT2D eigenvalue weighted by molar-refractivity contribution is 7.07. The number of hydrogen-bond acceptors (Lipinski definition) is 4. The largest absolute Gasteiger partial charge is 0.300 e. The Labute approximate surface area is 119 Å². The summed E-state index contributed by atoms with van der Waals surface area (Å²) in [5, 5.41) is 1.94. The van der Waals surface area contributed by atoms with E-state index in [1.54, 1.807) is 5.51 Å². The number of ketones is 1. The molecule has 0 unspecified atom stereocenters. The maximum atomic E-state index is 13.5. The molecule has 0 aliphatic carbocycles. The first-order valence-corrected chi connectivity index (χ1v) is 7.05. The van der Waals surface area contributed by atoms with Crippen LogP contribution >= 0.6 is 11.3 Å². The van der Waals surface area contributed by atoms with Crippen LogP contribution in [-0.2, 0) is 6.54 Å². The number of hydrogen-bond donors (Lipinski definition) is 0. The minimum Gasteiger partial charge on any atom is -0.300 e. The molecule has 0 amide bonds. The highest BCUT2D eigenvalue weighted by Gasteiger charge is 2.15. The number of thiazole rings is 1. The summed E-state index contributed by atoms with van der Waals surface area (Å²) in [5.74, 6) is -2.46. The molecule has 20 heavy (non-hydrogen) atoms. The van der Waals surface area contributed by atoms with Crippen LogP contribution in [-0.4, -0.2) is 29.3 Å². The molecule has 0 saturated heterocycles. The molecule has 0 fully saturated rings. The van der Waals surface area contributed by atoms with Gasteiger partial charge in [0.2, 0.25) is 0 Å². The summed E-state index contributed by atoms with van der Waals surface area (Å²) in [6, 6.07) is 3.65. The normalized spacial score (nSPS) is 11.0. The van der Waals surface area contributed by atoms with Crippen molar-refractivity contribution in [2.75, 3.05) is 13.6 Å². The highest BCUT2D eigenvalue weighted by Crippen LogP contribution is 2.14. The second kappa shape index (κ2) is 6.67. The molecule has 6 heteroatoms. The number of nitrogens with zero attached hydrogens (tertiary/aromatic N) is 2. The summed E-state index contributed by atoms with van der Waals surface area (Å²) in [4.78, 5) is 17.9. The van der Waals surface area contributed by atoms with E-state index in [9.17, 15) is 13.6 Å². The van der Waals surface area contributed by atoms with E-state index in [-0.39, 0.29) is 12.0 Å². The van der Waals surface area contributed by atoms with Crippen molar-refractivity contribution in [1.82, 2.24) is 9.88 Å². The Hall–Kier alpha value is -1.66. The predicted molar refractivity (Wildman–Crippen MR) is 73.8 cm³/mol. The van der Waals surface area contributed by atoms with Gasteiger partial charge in [-0.2, -0.15) is 0 Å². The van der Waals surface area contributed by atoms with Crippen LogP contribution in [0.5, 0.6) is 0 Å². The molecule has 1 aromatic heterocycles. The van der Waals surface area contributed by atoms with Crippen LogP contribution < -0.4 is 0 Å². The van der Waals surface area contributed by atoms with Crippen LogP contribution in [0.25, 0.3) is 0 Å². The van der Waals surface area contributed by atoms with Gasteiger partial charge in [-0.05, 0) is 19.2 Å². The maximum absolute atomic E-state index is 13.5. The fourth-order valence-corrected chi connectivity index (χ4v) is 2.37. The zero-order chi connectivity index (χ0) is 14.5. The van der Waals surface area contributed by atoms with Crippen molar-refractivity contribution in [2.24, 2.45) is 0 Å². The highest BCUT2D eigenvalue weighted by atomic mass is 32.1. The third-order valence-electron chi connectivity index (χ3n) is 2.89. The summed E-state index contributed by atoms with van der Waals surface area (Å²) in [5.41, 5.74) is 2.49. The van der Waals surface area contributed by atoms with Crippen molar-refractivity contribution in [3.63, 3.8) is 0 Å². The molecule has 0 radical (unpaired) electrons. The van der Waals surface area contributed by atoms with E-state index in [1.165, 1.54) is 23.5 Å². The molecular formula is C14H14F2N2OS. The molecule has 0 N–H and O–H groups in total. The van der Waals surface area contributed by atoms with E-state index < -0.39 is 17.4 Å². The molecule has 0 bridgehead atoms. The number of rotatable bonds is 6. The number of benzene rings is 1. The Kier molecular flexibility index (Phi) is 4.92. The fraction of sp³-hybridized carbons (Fsp3) is 0.286. The number of carbonyl (C=O) groups excluding carboxylic acids is 1. The van der Waals surface area contributed by atoms with Gasteiger partial charge in [0.1, 0.15) is 0 Å². The third-order valence-corrected chi connectivity index (χ3v) is 3.52. The van der Waals surface area contributed by atoms with Crippen LogP contribution in [0.3, 0.4) is 0 Å². The molecule has 0 atom stereocenters. The molecule has 1 heterocycles. The van der Waals surface area contributed by atoms with E-state index in [1.807, 2.05) is 17.3 Å². The van der Waals surface area contributed by atoms with Crippen LogP contribution in [0, 0.1) is 11.6 Å². The van der Waals surface area contributed by atoms with Gasteiger partial charge in [-0.1, -0.05) is 6.07 Å².